The number of aliphatic hydroxyl groups excluding tert-OH is 1. The molecule has 94 valence electrons. The molecule has 2 rings (SSSR count). The van der Waals surface area contributed by atoms with Gasteiger partial charge >= 0.3 is 0 Å². The van der Waals surface area contributed by atoms with E-state index >= 15 is 0 Å². The van der Waals surface area contributed by atoms with Crippen LogP contribution in [0, 0.1) is 0 Å². The molecule has 2 aromatic rings. The van der Waals surface area contributed by atoms with Gasteiger partial charge in [-0.3, -0.25) is 4.98 Å². The topological polar surface area (TPSA) is 58.5 Å². The summed E-state index contributed by atoms with van der Waals surface area (Å²) in [7, 11) is 3.93. The lowest BCUT2D eigenvalue weighted by atomic mass is 10.3. The number of benzene rings is 1. The highest BCUT2D eigenvalue weighted by atomic mass is 16.5. The Morgan fingerprint density at radius 2 is 2.06 bits per heavy atom. The number of aromatic nitrogens is 2. The van der Waals surface area contributed by atoms with Gasteiger partial charge in [0.05, 0.1) is 24.7 Å². The Kier molecular flexibility index (Phi) is 3.74. The summed E-state index contributed by atoms with van der Waals surface area (Å²) in [4.78, 5) is 10.1. The fourth-order valence-electron chi connectivity index (χ4n) is 1.42. The summed E-state index contributed by atoms with van der Waals surface area (Å²) in [6, 6.07) is 7.68. The molecule has 0 aliphatic rings. The molecule has 0 saturated heterocycles. The van der Waals surface area contributed by atoms with Crippen LogP contribution in [0.2, 0.25) is 0 Å². The van der Waals surface area contributed by atoms with Gasteiger partial charge in [0.25, 0.3) is 0 Å². The van der Waals surface area contributed by atoms with E-state index in [1.54, 1.807) is 0 Å². The van der Waals surface area contributed by atoms with E-state index in [0.717, 1.165) is 5.69 Å². The fraction of sp³-hybridized carbons (Fsp3) is 0.231. The monoisotopic (exact) mass is 245 g/mol. The van der Waals surface area contributed by atoms with Crippen LogP contribution in [0.5, 0.6) is 11.6 Å². The normalized spacial score (nSPS) is 10.2. The molecule has 0 saturated carbocycles. The predicted octanol–water partition coefficient (Wildman–Crippen LogP) is 1.83. The number of rotatable bonds is 4. The van der Waals surface area contributed by atoms with Crippen LogP contribution in [0.15, 0.2) is 36.7 Å². The summed E-state index contributed by atoms with van der Waals surface area (Å²) >= 11 is 0. The van der Waals surface area contributed by atoms with Crippen molar-refractivity contribution in [3.05, 3.63) is 42.4 Å². The lowest BCUT2D eigenvalue weighted by Gasteiger charge is -2.13. The second kappa shape index (κ2) is 5.46. The average Bonchev–Trinajstić information content (AvgIpc) is 2.40. The highest BCUT2D eigenvalue weighted by Gasteiger charge is 2.02. The van der Waals surface area contributed by atoms with Gasteiger partial charge in [-0.25, -0.2) is 4.98 Å². The summed E-state index contributed by atoms with van der Waals surface area (Å²) in [5.74, 6) is 1.11. The molecule has 0 aliphatic carbocycles. The zero-order chi connectivity index (χ0) is 13.0. The summed E-state index contributed by atoms with van der Waals surface area (Å²) in [5.41, 5.74) is 1.57. The van der Waals surface area contributed by atoms with Gasteiger partial charge in [-0.1, -0.05) is 6.07 Å². The first-order valence-electron chi connectivity index (χ1n) is 5.56. The van der Waals surface area contributed by atoms with Crippen molar-refractivity contribution >= 4 is 5.69 Å². The van der Waals surface area contributed by atoms with Crippen molar-refractivity contribution in [3.63, 3.8) is 0 Å². The standard InChI is InChI=1S/C13H15N3O2/c1-16(2)11-4-3-5-12(6-11)18-13-8-14-10(9-17)7-15-13/h3-8,17H,9H2,1-2H3. The van der Waals surface area contributed by atoms with Crippen molar-refractivity contribution < 1.29 is 9.84 Å². The SMILES string of the molecule is CN(C)c1cccc(Oc2cnc(CO)cn2)c1. The van der Waals surface area contributed by atoms with Crippen molar-refractivity contribution in [3.8, 4) is 11.6 Å². The predicted molar refractivity (Wildman–Crippen MR) is 68.8 cm³/mol. The number of aliphatic hydroxyl groups is 1. The van der Waals surface area contributed by atoms with Crippen molar-refractivity contribution in [2.75, 3.05) is 19.0 Å². The minimum Gasteiger partial charge on any atom is -0.437 e. The van der Waals surface area contributed by atoms with E-state index in [4.69, 9.17) is 9.84 Å². The van der Waals surface area contributed by atoms with Crippen LogP contribution in [0.25, 0.3) is 0 Å². The minimum absolute atomic E-state index is 0.122. The van der Waals surface area contributed by atoms with Crippen LogP contribution in [0.4, 0.5) is 5.69 Å². The van der Waals surface area contributed by atoms with Gasteiger partial charge in [-0.2, -0.15) is 0 Å². The highest BCUT2D eigenvalue weighted by Crippen LogP contribution is 2.23. The molecule has 5 nitrogen and oxygen atoms in total. The Balaban J connectivity index is 2.15. The molecule has 0 amide bonds. The zero-order valence-corrected chi connectivity index (χ0v) is 10.4. The molecule has 0 unspecified atom stereocenters. The third-order valence-corrected chi connectivity index (χ3v) is 2.40. The van der Waals surface area contributed by atoms with E-state index in [9.17, 15) is 0 Å². The third kappa shape index (κ3) is 2.95. The molecule has 0 radical (unpaired) electrons. The second-order valence-electron chi connectivity index (χ2n) is 4.00. The Hall–Kier alpha value is -2.14. The van der Waals surface area contributed by atoms with Crippen LogP contribution in [-0.4, -0.2) is 29.2 Å². The molecular weight excluding hydrogens is 230 g/mol. The van der Waals surface area contributed by atoms with Gasteiger partial charge in [-0.05, 0) is 12.1 Å². The number of anilines is 1. The Bertz CT molecular complexity index is 512. The van der Waals surface area contributed by atoms with Gasteiger partial charge in [0.2, 0.25) is 5.88 Å². The van der Waals surface area contributed by atoms with Gasteiger partial charge in [0.1, 0.15) is 5.75 Å². The maximum atomic E-state index is 8.87. The van der Waals surface area contributed by atoms with Crippen LogP contribution in [-0.2, 0) is 6.61 Å². The maximum absolute atomic E-state index is 8.87. The van der Waals surface area contributed by atoms with Crippen molar-refractivity contribution in [1.29, 1.82) is 0 Å². The summed E-state index contributed by atoms with van der Waals surface area (Å²) in [6.07, 6.45) is 2.99. The molecule has 1 heterocycles. The molecule has 18 heavy (non-hydrogen) atoms. The maximum Gasteiger partial charge on any atom is 0.237 e. The molecule has 1 aromatic carbocycles. The molecule has 1 N–H and O–H groups in total. The van der Waals surface area contributed by atoms with Gasteiger partial charge in [-0.15, -0.1) is 0 Å². The first kappa shape index (κ1) is 12.3. The average molecular weight is 245 g/mol. The van der Waals surface area contributed by atoms with E-state index in [1.807, 2.05) is 43.3 Å². The summed E-state index contributed by atoms with van der Waals surface area (Å²) < 4.78 is 5.59. The van der Waals surface area contributed by atoms with Crippen LogP contribution in [0.3, 0.4) is 0 Å². The highest BCUT2D eigenvalue weighted by molar-refractivity contribution is 5.49. The molecule has 5 heteroatoms. The number of ether oxygens (including phenoxy) is 1. The quantitative estimate of drug-likeness (QED) is 0.890. The summed E-state index contributed by atoms with van der Waals surface area (Å²) in [5, 5.41) is 8.87. The largest absolute Gasteiger partial charge is 0.437 e. The zero-order valence-electron chi connectivity index (χ0n) is 10.4. The first-order chi connectivity index (χ1) is 8.69. The van der Waals surface area contributed by atoms with E-state index in [0.29, 0.717) is 17.3 Å². The van der Waals surface area contributed by atoms with E-state index in [-0.39, 0.29) is 6.61 Å². The molecule has 0 spiro atoms. The van der Waals surface area contributed by atoms with Gasteiger partial charge < -0.3 is 14.7 Å². The lowest BCUT2D eigenvalue weighted by Crippen LogP contribution is -2.08. The van der Waals surface area contributed by atoms with E-state index in [1.165, 1.54) is 12.4 Å². The summed E-state index contributed by atoms with van der Waals surface area (Å²) in [6.45, 7) is -0.122. The van der Waals surface area contributed by atoms with Gasteiger partial charge in [0.15, 0.2) is 0 Å². The van der Waals surface area contributed by atoms with Crippen molar-refractivity contribution in [2.45, 2.75) is 6.61 Å². The van der Waals surface area contributed by atoms with Crippen LogP contribution >= 0.6 is 0 Å². The smallest absolute Gasteiger partial charge is 0.237 e. The number of hydrogen-bond donors (Lipinski definition) is 1. The molecule has 0 atom stereocenters. The molecule has 0 aliphatic heterocycles. The number of nitrogens with zero attached hydrogens (tertiary/aromatic N) is 3. The fourth-order valence-corrected chi connectivity index (χ4v) is 1.42. The van der Waals surface area contributed by atoms with Crippen LogP contribution in [0.1, 0.15) is 5.69 Å². The van der Waals surface area contributed by atoms with Crippen molar-refractivity contribution in [1.82, 2.24) is 9.97 Å². The number of hydrogen-bond acceptors (Lipinski definition) is 5. The molecule has 0 fully saturated rings. The molecular formula is C13H15N3O2. The Morgan fingerprint density at radius 3 is 2.67 bits per heavy atom. The van der Waals surface area contributed by atoms with E-state index in [2.05, 4.69) is 9.97 Å². The molecule has 0 bridgehead atoms. The second-order valence-corrected chi connectivity index (χ2v) is 4.00. The Morgan fingerprint density at radius 1 is 1.22 bits per heavy atom. The van der Waals surface area contributed by atoms with E-state index < -0.39 is 0 Å². The molecule has 1 aromatic heterocycles. The van der Waals surface area contributed by atoms with Crippen LogP contribution < -0.4 is 9.64 Å². The lowest BCUT2D eigenvalue weighted by molar-refractivity contribution is 0.276. The van der Waals surface area contributed by atoms with Gasteiger partial charge in [0, 0.05) is 25.8 Å². The minimum atomic E-state index is -0.122. The first-order valence-corrected chi connectivity index (χ1v) is 5.56. The van der Waals surface area contributed by atoms with Crippen molar-refractivity contribution in [2.24, 2.45) is 0 Å². The Labute approximate surface area is 106 Å². The third-order valence-electron chi connectivity index (χ3n) is 2.40.